The van der Waals surface area contributed by atoms with Crippen molar-refractivity contribution in [2.24, 2.45) is 7.05 Å². The van der Waals surface area contributed by atoms with E-state index in [4.69, 9.17) is 4.74 Å². The van der Waals surface area contributed by atoms with Crippen molar-refractivity contribution in [2.75, 3.05) is 0 Å². The summed E-state index contributed by atoms with van der Waals surface area (Å²) in [6.07, 6.45) is 0.658. The number of halogens is 2. The molecule has 0 amide bonds. The van der Waals surface area contributed by atoms with Gasteiger partial charge >= 0.3 is 0 Å². The van der Waals surface area contributed by atoms with Gasteiger partial charge in [-0.05, 0) is 38.8 Å². The number of aryl methyl sites for hydroxylation is 2. The van der Waals surface area contributed by atoms with E-state index >= 15 is 0 Å². The first kappa shape index (κ1) is 15.6. The van der Waals surface area contributed by atoms with Crippen LogP contribution in [0.4, 0.5) is 5.69 Å². The minimum Gasteiger partial charge on any atom is -0.436 e. The molecule has 21 heavy (non-hydrogen) atoms. The first-order chi connectivity index (χ1) is 9.85. The molecule has 0 N–H and O–H groups in total. The number of nitro groups is 1. The Labute approximate surface area is 136 Å². The Bertz CT molecular complexity index is 719. The molecule has 7 nitrogen and oxygen atoms in total. The van der Waals surface area contributed by atoms with Crippen molar-refractivity contribution in [3.63, 3.8) is 0 Å². The van der Waals surface area contributed by atoms with Crippen LogP contribution in [0.5, 0.6) is 11.6 Å². The van der Waals surface area contributed by atoms with E-state index in [9.17, 15) is 14.9 Å². The predicted octanol–water partition coefficient (Wildman–Crippen LogP) is 3.77. The summed E-state index contributed by atoms with van der Waals surface area (Å²) in [5.74, 6) is 0.587. The third-order valence-electron chi connectivity index (χ3n) is 2.72. The Morgan fingerprint density at radius 2 is 1.95 bits per heavy atom. The van der Waals surface area contributed by atoms with Gasteiger partial charge < -0.3 is 4.74 Å². The Morgan fingerprint density at radius 1 is 1.38 bits per heavy atom. The molecule has 1 aromatic carbocycles. The molecule has 2 rings (SSSR count). The van der Waals surface area contributed by atoms with Crippen molar-refractivity contribution in [3.05, 3.63) is 42.4 Å². The molecule has 0 aliphatic rings. The highest BCUT2D eigenvalue weighted by atomic mass is 79.9. The number of hydrogen-bond donors (Lipinski definition) is 0. The fraction of sp³-hybridized carbons (Fsp3) is 0.167. The summed E-state index contributed by atoms with van der Waals surface area (Å²) in [7, 11) is 1.64. The summed E-state index contributed by atoms with van der Waals surface area (Å²) in [6, 6.07) is 2.65. The second-order valence-electron chi connectivity index (χ2n) is 4.14. The van der Waals surface area contributed by atoms with E-state index < -0.39 is 4.92 Å². The number of aromatic nitrogens is 2. The predicted molar refractivity (Wildman–Crippen MR) is 81.9 cm³/mol. The maximum atomic E-state index is 11.1. The number of hydrogen-bond acceptors (Lipinski definition) is 5. The zero-order valence-corrected chi connectivity index (χ0v) is 14.1. The molecular formula is C12H9Br2N3O4. The van der Waals surface area contributed by atoms with Crippen LogP contribution >= 0.6 is 31.9 Å². The number of nitrogens with zero attached hydrogens (tertiary/aromatic N) is 3. The summed E-state index contributed by atoms with van der Waals surface area (Å²) in [5.41, 5.74) is 0.782. The molecular weight excluding hydrogens is 410 g/mol. The van der Waals surface area contributed by atoms with Crippen LogP contribution in [0, 0.1) is 17.0 Å². The van der Waals surface area contributed by atoms with Crippen molar-refractivity contribution in [3.8, 4) is 11.6 Å². The summed E-state index contributed by atoms with van der Waals surface area (Å²) in [6.45, 7) is 1.69. The molecule has 0 atom stereocenters. The van der Waals surface area contributed by atoms with Crippen molar-refractivity contribution < 1.29 is 14.5 Å². The van der Waals surface area contributed by atoms with Crippen LogP contribution in [0.3, 0.4) is 0 Å². The lowest BCUT2D eigenvalue weighted by Crippen LogP contribution is -1.98. The summed E-state index contributed by atoms with van der Waals surface area (Å²) in [5, 5.41) is 14.9. The second-order valence-corrected chi connectivity index (χ2v) is 5.85. The number of benzene rings is 1. The van der Waals surface area contributed by atoms with Crippen molar-refractivity contribution in [2.45, 2.75) is 6.92 Å². The van der Waals surface area contributed by atoms with Gasteiger partial charge in [-0.1, -0.05) is 0 Å². The normalized spacial score (nSPS) is 10.5. The smallest absolute Gasteiger partial charge is 0.271 e. The van der Waals surface area contributed by atoms with Gasteiger partial charge in [0.25, 0.3) is 5.69 Å². The number of non-ortho nitro benzene ring substituents is 1. The Balaban J connectivity index is 2.50. The van der Waals surface area contributed by atoms with E-state index in [-0.39, 0.29) is 11.6 Å². The van der Waals surface area contributed by atoms with Crippen LogP contribution in [0.25, 0.3) is 0 Å². The Hall–Kier alpha value is -1.74. The summed E-state index contributed by atoms with van der Waals surface area (Å²) in [4.78, 5) is 21.4. The molecule has 0 fully saturated rings. The number of ether oxygens (including phenoxy) is 1. The molecule has 1 heterocycles. The van der Waals surface area contributed by atoms with Crippen LogP contribution in [0.2, 0.25) is 0 Å². The molecule has 0 radical (unpaired) electrons. The van der Waals surface area contributed by atoms with Gasteiger partial charge in [0.15, 0.2) is 12.0 Å². The minimum absolute atomic E-state index is 0.0853. The Kier molecular flexibility index (Phi) is 4.43. The number of aldehydes is 1. The first-order valence-corrected chi connectivity index (χ1v) is 7.23. The van der Waals surface area contributed by atoms with Gasteiger partial charge in [0.05, 0.1) is 25.1 Å². The number of rotatable bonds is 4. The average molecular weight is 419 g/mol. The van der Waals surface area contributed by atoms with Crippen molar-refractivity contribution in [1.29, 1.82) is 0 Å². The average Bonchev–Trinajstić information content (AvgIpc) is 2.67. The Morgan fingerprint density at radius 3 is 2.43 bits per heavy atom. The molecule has 0 bridgehead atoms. The third-order valence-corrected chi connectivity index (χ3v) is 3.90. The van der Waals surface area contributed by atoms with E-state index in [1.807, 2.05) is 0 Å². The molecule has 0 spiro atoms. The fourth-order valence-corrected chi connectivity index (χ4v) is 3.08. The van der Waals surface area contributed by atoms with E-state index in [0.29, 0.717) is 32.2 Å². The number of nitro benzene ring substituents is 1. The quantitative estimate of drug-likeness (QED) is 0.428. The highest BCUT2D eigenvalue weighted by molar-refractivity contribution is 9.11. The molecule has 0 saturated heterocycles. The lowest BCUT2D eigenvalue weighted by Gasteiger charge is -2.10. The van der Waals surface area contributed by atoms with Gasteiger partial charge in [-0.3, -0.25) is 14.9 Å². The van der Waals surface area contributed by atoms with Gasteiger partial charge in [0, 0.05) is 19.2 Å². The SMILES string of the molecule is Cc1nn(C)c(Oc2c(Br)cc([N+](=O)[O-])cc2Br)c1C=O. The topological polar surface area (TPSA) is 87.3 Å². The first-order valence-electron chi connectivity index (χ1n) is 5.65. The lowest BCUT2D eigenvalue weighted by molar-refractivity contribution is -0.385. The highest BCUT2D eigenvalue weighted by Gasteiger charge is 2.20. The zero-order valence-electron chi connectivity index (χ0n) is 11.0. The zero-order chi connectivity index (χ0) is 15.7. The molecule has 0 aliphatic heterocycles. The standard InChI is InChI=1S/C12H9Br2N3O4/c1-6-8(5-18)12(16(2)15-6)21-11-9(13)3-7(17(19)20)4-10(11)14/h3-5H,1-2H3. The van der Waals surface area contributed by atoms with Crippen LogP contribution in [0.15, 0.2) is 21.1 Å². The third kappa shape index (κ3) is 2.98. The van der Waals surface area contributed by atoms with Gasteiger partial charge in [-0.25, -0.2) is 4.68 Å². The van der Waals surface area contributed by atoms with Crippen LogP contribution < -0.4 is 4.74 Å². The fourth-order valence-electron chi connectivity index (χ4n) is 1.76. The molecule has 9 heteroatoms. The monoisotopic (exact) mass is 417 g/mol. The largest absolute Gasteiger partial charge is 0.436 e. The summed E-state index contributed by atoms with van der Waals surface area (Å²) < 4.78 is 7.91. The number of carbonyl (C=O) groups is 1. The van der Waals surface area contributed by atoms with E-state index in [1.54, 1.807) is 14.0 Å². The molecule has 110 valence electrons. The van der Waals surface area contributed by atoms with Crippen molar-refractivity contribution >= 4 is 43.8 Å². The maximum absolute atomic E-state index is 11.1. The van der Waals surface area contributed by atoms with Crippen LogP contribution in [0.1, 0.15) is 16.1 Å². The maximum Gasteiger partial charge on any atom is 0.271 e. The van der Waals surface area contributed by atoms with Crippen LogP contribution in [-0.4, -0.2) is 21.0 Å². The van der Waals surface area contributed by atoms with Crippen LogP contribution in [-0.2, 0) is 7.05 Å². The highest BCUT2D eigenvalue weighted by Crippen LogP contribution is 2.40. The molecule has 1 aromatic heterocycles. The lowest BCUT2D eigenvalue weighted by atomic mass is 10.3. The second kappa shape index (κ2) is 5.94. The van der Waals surface area contributed by atoms with E-state index in [0.717, 1.165) is 0 Å². The van der Waals surface area contributed by atoms with Gasteiger partial charge in [-0.15, -0.1) is 0 Å². The van der Waals surface area contributed by atoms with Gasteiger partial charge in [-0.2, -0.15) is 5.10 Å². The minimum atomic E-state index is -0.510. The summed E-state index contributed by atoms with van der Waals surface area (Å²) >= 11 is 6.45. The van der Waals surface area contributed by atoms with Gasteiger partial charge in [0.2, 0.25) is 5.88 Å². The number of carbonyl (C=O) groups excluding carboxylic acids is 1. The van der Waals surface area contributed by atoms with Crippen molar-refractivity contribution in [1.82, 2.24) is 9.78 Å². The molecule has 2 aromatic rings. The van der Waals surface area contributed by atoms with Gasteiger partial charge in [0.1, 0.15) is 0 Å². The van der Waals surface area contributed by atoms with E-state index in [2.05, 4.69) is 37.0 Å². The molecule has 0 saturated carbocycles. The van der Waals surface area contributed by atoms with E-state index in [1.165, 1.54) is 16.8 Å². The molecule has 0 unspecified atom stereocenters. The molecule has 0 aliphatic carbocycles.